The van der Waals surface area contributed by atoms with E-state index < -0.39 is 22.2 Å². The van der Waals surface area contributed by atoms with Gasteiger partial charge in [-0.2, -0.15) is 8.42 Å². The van der Waals surface area contributed by atoms with Gasteiger partial charge < -0.3 is 18.8 Å². The maximum Gasteiger partial charge on any atom is 0.333 e. The average Bonchev–Trinajstić information content (AvgIpc) is 2.63. The van der Waals surface area contributed by atoms with Crippen LogP contribution in [0.5, 0.6) is 11.5 Å². The van der Waals surface area contributed by atoms with E-state index in [9.17, 15) is 13.2 Å². The largest absolute Gasteiger partial charge is 0.493 e. The highest BCUT2D eigenvalue weighted by Crippen LogP contribution is 2.17. The number of rotatable bonds is 11. The van der Waals surface area contributed by atoms with Crippen molar-refractivity contribution in [3.63, 3.8) is 0 Å². The van der Waals surface area contributed by atoms with Gasteiger partial charge in [0.25, 0.3) is 0 Å². The predicted octanol–water partition coefficient (Wildman–Crippen LogP) is 2.68. The third-order valence-corrected chi connectivity index (χ3v) is 4.31. The van der Waals surface area contributed by atoms with E-state index in [0.29, 0.717) is 31.8 Å². The second-order valence-corrected chi connectivity index (χ2v) is 7.74. The van der Waals surface area contributed by atoms with Crippen LogP contribution >= 0.6 is 0 Å². The van der Waals surface area contributed by atoms with E-state index in [1.807, 2.05) is 12.1 Å². The highest BCUT2D eigenvalue weighted by atomic mass is 32.2. The average molecular weight is 408 g/mol. The monoisotopic (exact) mass is 408 g/mol. The zero-order chi connectivity index (χ0) is 20.6. The molecular weight excluding hydrogens is 384 g/mol. The first kappa shape index (κ1) is 21.7. The molecule has 0 saturated heterocycles. The quantitative estimate of drug-likeness (QED) is 0.571. The van der Waals surface area contributed by atoms with Crippen LogP contribution in [0.25, 0.3) is 0 Å². The lowest BCUT2D eigenvalue weighted by atomic mass is 10.1. The number of benzene rings is 2. The fourth-order valence-electron chi connectivity index (χ4n) is 2.53. The smallest absolute Gasteiger partial charge is 0.333 e. The van der Waals surface area contributed by atoms with Gasteiger partial charge >= 0.3 is 16.1 Å². The second-order valence-electron chi connectivity index (χ2n) is 6.16. The number of ether oxygens (including phenoxy) is 2. The minimum Gasteiger partial charge on any atom is -0.493 e. The summed E-state index contributed by atoms with van der Waals surface area (Å²) in [5, 5.41) is 9.13. The number of hydrogen-bond acceptors (Lipinski definition) is 6. The van der Waals surface area contributed by atoms with E-state index in [2.05, 4.69) is 0 Å². The van der Waals surface area contributed by atoms with Gasteiger partial charge in [0.05, 0.1) is 12.9 Å². The summed E-state index contributed by atoms with van der Waals surface area (Å²) < 4.78 is 37.9. The van der Waals surface area contributed by atoms with Crippen molar-refractivity contribution >= 4 is 16.1 Å². The van der Waals surface area contributed by atoms with Crippen LogP contribution in [0.2, 0.25) is 0 Å². The molecule has 0 saturated carbocycles. The molecule has 0 bridgehead atoms. The first-order valence-corrected chi connectivity index (χ1v) is 10.6. The predicted molar refractivity (Wildman–Crippen MR) is 104 cm³/mol. The molecule has 152 valence electrons. The molecule has 0 aromatic heterocycles. The zero-order valence-electron chi connectivity index (χ0n) is 15.8. The molecule has 0 spiro atoms. The lowest BCUT2D eigenvalue weighted by molar-refractivity contribution is -0.149. The first-order valence-electron chi connectivity index (χ1n) is 8.81. The number of hydrogen-bond donors (Lipinski definition) is 1. The van der Waals surface area contributed by atoms with Gasteiger partial charge in [0.15, 0.2) is 6.10 Å². The molecule has 0 aliphatic heterocycles. The Bertz CT molecular complexity index is 858. The van der Waals surface area contributed by atoms with Crippen molar-refractivity contribution in [3.8, 4) is 11.5 Å². The van der Waals surface area contributed by atoms with E-state index in [4.69, 9.17) is 18.8 Å². The molecule has 7 nitrogen and oxygen atoms in total. The Balaban J connectivity index is 1.82. The Hall–Kier alpha value is -2.58. The van der Waals surface area contributed by atoms with Gasteiger partial charge in [0, 0.05) is 19.4 Å². The number of carboxylic acids is 1. The van der Waals surface area contributed by atoms with Crippen molar-refractivity contribution in [1.82, 2.24) is 0 Å². The van der Waals surface area contributed by atoms with Crippen LogP contribution in [-0.4, -0.2) is 45.1 Å². The Morgan fingerprint density at radius 2 is 1.57 bits per heavy atom. The highest BCUT2D eigenvalue weighted by molar-refractivity contribution is 7.86. The lowest BCUT2D eigenvalue weighted by Crippen LogP contribution is -2.26. The normalized spacial score (nSPS) is 12.4. The molecule has 8 heteroatoms. The second kappa shape index (κ2) is 10.1. The van der Waals surface area contributed by atoms with Crippen LogP contribution < -0.4 is 8.92 Å². The standard InChI is InChI=1S/C20H24O7S/c1-3-25-19(20(21)22)14-16-6-8-17(9-7-16)26-13-12-15-4-10-18(11-5-15)27-28(2,23)24/h4-11,19H,3,12-14H2,1-2H3,(H,21,22). The molecule has 1 unspecified atom stereocenters. The van der Waals surface area contributed by atoms with Crippen LogP contribution in [0.4, 0.5) is 0 Å². The fraction of sp³-hybridized carbons (Fsp3) is 0.350. The van der Waals surface area contributed by atoms with Crippen molar-refractivity contribution in [2.24, 2.45) is 0 Å². The summed E-state index contributed by atoms with van der Waals surface area (Å²) in [6.45, 7) is 2.56. The third-order valence-electron chi connectivity index (χ3n) is 3.82. The maximum absolute atomic E-state index is 11.1. The first-order chi connectivity index (χ1) is 13.3. The van der Waals surface area contributed by atoms with Crippen LogP contribution in [0, 0.1) is 0 Å². The van der Waals surface area contributed by atoms with Gasteiger partial charge in [-0.1, -0.05) is 24.3 Å². The molecule has 0 aliphatic carbocycles. The van der Waals surface area contributed by atoms with Crippen molar-refractivity contribution in [2.45, 2.75) is 25.9 Å². The molecule has 0 amide bonds. The Labute approximate surface area is 165 Å². The van der Waals surface area contributed by atoms with Crippen LogP contribution in [0.15, 0.2) is 48.5 Å². The summed E-state index contributed by atoms with van der Waals surface area (Å²) in [4.78, 5) is 11.1. The lowest BCUT2D eigenvalue weighted by Gasteiger charge is -2.13. The molecule has 0 heterocycles. The van der Waals surface area contributed by atoms with Gasteiger partial charge in [0.1, 0.15) is 11.5 Å². The highest BCUT2D eigenvalue weighted by Gasteiger charge is 2.17. The molecular formula is C20H24O7S. The minimum atomic E-state index is -3.53. The molecule has 2 aromatic rings. The molecule has 0 fully saturated rings. The molecule has 28 heavy (non-hydrogen) atoms. The molecule has 2 rings (SSSR count). The van der Waals surface area contributed by atoms with Crippen LogP contribution in [-0.2, 0) is 32.5 Å². The van der Waals surface area contributed by atoms with Crippen molar-refractivity contribution in [1.29, 1.82) is 0 Å². The summed E-state index contributed by atoms with van der Waals surface area (Å²) in [6, 6.07) is 14.0. The number of aliphatic carboxylic acids is 1. The molecule has 0 aliphatic rings. The van der Waals surface area contributed by atoms with Gasteiger partial charge in [0.2, 0.25) is 0 Å². The molecule has 2 aromatic carbocycles. The van der Waals surface area contributed by atoms with E-state index >= 15 is 0 Å². The van der Waals surface area contributed by atoms with E-state index in [0.717, 1.165) is 17.4 Å². The SMILES string of the molecule is CCOC(Cc1ccc(OCCc2ccc(OS(C)(=O)=O)cc2)cc1)C(=O)O. The molecule has 1 atom stereocenters. The van der Waals surface area contributed by atoms with E-state index in [-0.39, 0.29) is 5.75 Å². The number of carbonyl (C=O) groups is 1. The topological polar surface area (TPSA) is 99.1 Å². The number of carboxylic acid groups (broad SMARTS) is 1. The van der Waals surface area contributed by atoms with E-state index in [1.165, 1.54) is 0 Å². The summed E-state index contributed by atoms with van der Waals surface area (Å²) in [6.07, 6.45) is 1.09. The van der Waals surface area contributed by atoms with Gasteiger partial charge in [-0.25, -0.2) is 4.79 Å². The fourth-order valence-corrected chi connectivity index (χ4v) is 2.99. The zero-order valence-corrected chi connectivity index (χ0v) is 16.6. The third kappa shape index (κ3) is 7.58. The van der Waals surface area contributed by atoms with Crippen molar-refractivity contribution < 1.29 is 32.0 Å². The molecule has 1 N–H and O–H groups in total. The van der Waals surface area contributed by atoms with Gasteiger partial charge in [-0.15, -0.1) is 0 Å². The van der Waals surface area contributed by atoms with E-state index in [1.54, 1.807) is 43.3 Å². The summed E-state index contributed by atoms with van der Waals surface area (Å²) >= 11 is 0. The summed E-state index contributed by atoms with van der Waals surface area (Å²) in [5.41, 5.74) is 1.84. The van der Waals surface area contributed by atoms with Crippen LogP contribution in [0.1, 0.15) is 18.1 Å². The summed E-state index contributed by atoms with van der Waals surface area (Å²) in [5.74, 6) is -0.0197. The summed E-state index contributed by atoms with van der Waals surface area (Å²) in [7, 11) is -3.53. The van der Waals surface area contributed by atoms with Gasteiger partial charge in [-0.3, -0.25) is 0 Å². The van der Waals surface area contributed by atoms with Gasteiger partial charge in [-0.05, 0) is 42.3 Å². The Morgan fingerprint density at radius 3 is 2.11 bits per heavy atom. The minimum absolute atomic E-state index is 0.273. The Morgan fingerprint density at radius 1 is 1.00 bits per heavy atom. The van der Waals surface area contributed by atoms with Crippen molar-refractivity contribution in [2.75, 3.05) is 19.5 Å². The Kier molecular flexibility index (Phi) is 7.83. The van der Waals surface area contributed by atoms with Crippen LogP contribution in [0.3, 0.4) is 0 Å². The molecule has 0 radical (unpaired) electrons. The maximum atomic E-state index is 11.1. The van der Waals surface area contributed by atoms with Crippen molar-refractivity contribution in [3.05, 3.63) is 59.7 Å².